The van der Waals surface area contributed by atoms with Gasteiger partial charge in [-0.05, 0) is 40.3 Å². The largest absolute Gasteiger partial charge is 0.395 e. The third-order valence-electron chi connectivity index (χ3n) is 4.30. The molecule has 0 fully saturated rings. The highest BCUT2D eigenvalue weighted by atomic mass is 16.3. The zero-order valence-corrected chi connectivity index (χ0v) is 14.0. The summed E-state index contributed by atoms with van der Waals surface area (Å²) in [6.07, 6.45) is 0. The molecule has 2 nitrogen and oxygen atoms in total. The van der Waals surface area contributed by atoms with Gasteiger partial charge in [-0.15, -0.1) is 0 Å². The van der Waals surface area contributed by atoms with Gasteiger partial charge < -0.3 is 10.4 Å². The number of aliphatic hydroxyl groups is 1. The van der Waals surface area contributed by atoms with Crippen LogP contribution in [-0.2, 0) is 6.54 Å². The first-order valence-electron chi connectivity index (χ1n) is 8.35. The standard InChI is InChI=1S/C22H23NO/c1-17-21(19-6-3-2-4-7-19)8-5-9-22(17)20-12-10-18(11-13-20)16-23-14-15-24/h2-13,23-24H,14-16H2,1H3. The lowest BCUT2D eigenvalue weighted by molar-refractivity contribution is 0.292. The summed E-state index contributed by atoms with van der Waals surface area (Å²) in [4.78, 5) is 0. The molecule has 122 valence electrons. The van der Waals surface area contributed by atoms with Crippen LogP contribution in [0.2, 0.25) is 0 Å². The third-order valence-corrected chi connectivity index (χ3v) is 4.30. The van der Waals surface area contributed by atoms with Crippen LogP contribution >= 0.6 is 0 Å². The second kappa shape index (κ2) is 7.91. The molecule has 0 aliphatic carbocycles. The van der Waals surface area contributed by atoms with Crippen LogP contribution in [-0.4, -0.2) is 18.3 Å². The molecule has 0 amide bonds. The van der Waals surface area contributed by atoms with Gasteiger partial charge in [0.25, 0.3) is 0 Å². The molecule has 3 aromatic carbocycles. The number of aliphatic hydroxyl groups excluding tert-OH is 1. The fourth-order valence-electron chi connectivity index (χ4n) is 2.99. The monoisotopic (exact) mass is 317 g/mol. The molecule has 0 aromatic heterocycles. The summed E-state index contributed by atoms with van der Waals surface area (Å²) in [7, 11) is 0. The van der Waals surface area contributed by atoms with Crippen molar-refractivity contribution < 1.29 is 5.11 Å². The zero-order chi connectivity index (χ0) is 16.8. The summed E-state index contributed by atoms with van der Waals surface area (Å²) < 4.78 is 0. The molecule has 0 spiro atoms. The van der Waals surface area contributed by atoms with E-state index in [1.54, 1.807) is 0 Å². The van der Waals surface area contributed by atoms with Crippen molar-refractivity contribution in [2.45, 2.75) is 13.5 Å². The van der Waals surface area contributed by atoms with E-state index in [2.05, 4.69) is 79.0 Å². The van der Waals surface area contributed by atoms with Crippen molar-refractivity contribution in [1.29, 1.82) is 0 Å². The van der Waals surface area contributed by atoms with E-state index in [0.717, 1.165) is 6.54 Å². The van der Waals surface area contributed by atoms with Crippen molar-refractivity contribution in [2.24, 2.45) is 0 Å². The topological polar surface area (TPSA) is 32.3 Å². The maximum Gasteiger partial charge on any atom is 0.0556 e. The Bertz CT molecular complexity index is 779. The van der Waals surface area contributed by atoms with E-state index in [1.165, 1.54) is 33.4 Å². The van der Waals surface area contributed by atoms with Gasteiger partial charge in [-0.2, -0.15) is 0 Å². The maximum atomic E-state index is 8.83. The second-order valence-corrected chi connectivity index (χ2v) is 5.94. The highest BCUT2D eigenvalue weighted by Crippen LogP contribution is 2.31. The van der Waals surface area contributed by atoms with E-state index in [0.29, 0.717) is 6.54 Å². The molecular formula is C22H23NO. The molecule has 0 saturated heterocycles. The predicted octanol–water partition coefficient (Wildman–Crippen LogP) is 4.41. The molecule has 0 unspecified atom stereocenters. The van der Waals surface area contributed by atoms with Crippen molar-refractivity contribution in [2.75, 3.05) is 13.2 Å². The first-order chi connectivity index (χ1) is 11.8. The van der Waals surface area contributed by atoms with Crippen molar-refractivity contribution in [3.8, 4) is 22.3 Å². The molecule has 24 heavy (non-hydrogen) atoms. The fourth-order valence-corrected chi connectivity index (χ4v) is 2.99. The molecule has 2 heteroatoms. The molecule has 0 radical (unpaired) electrons. The third kappa shape index (κ3) is 3.73. The summed E-state index contributed by atoms with van der Waals surface area (Å²) >= 11 is 0. The number of hydrogen-bond donors (Lipinski definition) is 2. The molecule has 0 saturated carbocycles. The second-order valence-electron chi connectivity index (χ2n) is 5.94. The van der Waals surface area contributed by atoms with Gasteiger partial charge in [0, 0.05) is 13.1 Å². The van der Waals surface area contributed by atoms with Gasteiger partial charge in [0.15, 0.2) is 0 Å². The Labute approximate surface area is 143 Å². The van der Waals surface area contributed by atoms with Gasteiger partial charge in [0.2, 0.25) is 0 Å². The number of benzene rings is 3. The molecule has 0 heterocycles. The van der Waals surface area contributed by atoms with Crippen molar-refractivity contribution in [3.05, 3.63) is 83.9 Å². The Kier molecular flexibility index (Phi) is 5.42. The highest BCUT2D eigenvalue weighted by molar-refractivity contribution is 5.78. The van der Waals surface area contributed by atoms with Gasteiger partial charge in [-0.1, -0.05) is 72.8 Å². The van der Waals surface area contributed by atoms with Crippen LogP contribution in [0.4, 0.5) is 0 Å². The highest BCUT2D eigenvalue weighted by Gasteiger charge is 2.07. The average Bonchev–Trinajstić information content (AvgIpc) is 2.64. The maximum absolute atomic E-state index is 8.83. The van der Waals surface area contributed by atoms with Crippen LogP contribution in [0.25, 0.3) is 22.3 Å². The summed E-state index contributed by atoms with van der Waals surface area (Å²) in [5.74, 6) is 0. The summed E-state index contributed by atoms with van der Waals surface area (Å²) in [5.41, 5.74) is 7.56. The van der Waals surface area contributed by atoms with E-state index >= 15 is 0 Å². The molecule has 3 rings (SSSR count). The minimum absolute atomic E-state index is 0.170. The van der Waals surface area contributed by atoms with Crippen LogP contribution in [0, 0.1) is 6.92 Å². The van der Waals surface area contributed by atoms with E-state index < -0.39 is 0 Å². The minimum Gasteiger partial charge on any atom is -0.395 e. The number of nitrogens with one attached hydrogen (secondary N) is 1. The van der Waals surface area contributed by atoms with Crippen LogP contribution in [0.5, 0.6) is 0 Å². The minimum atomic E-state index is 0.170. The quantitative estimate of drug-likeness (QED) is 0.660. The Morgan fingerprint density at radius 3 is 2.00 bits per heavy atom. The van der Waals surface area contributed by atoms with Gasteiger partial charge in [-0.25, -0.2) is 0 Å². The Hall–Kier alpha value is -2.42. The normalized spacial score (nSPS) is 10.8. The lowest BCUT2D eigenvalue weighted by Crippen LogP contribution is -2.17. The first kappa shape index (κ1) is 16.4. The Morgan fingerprint density at radius 1 is 0.750 bits per heavy atom. The van der Waals surface area contributed by atoms with Crippen LogP contribution in [0.15, 0.2) is 72.8 Å². The van der Waals surface area contributed by atoms with Gasteiger partial charge >= 0.3 is 0 Å². The number of hydrogen-bond acceptors (Lipinski definition) is 2. The van der Waals surface area contributed by atoms with Crippen LogP contribution in [0.3, 0.4) is 0 Å². The lowest BCUT2D eigenvalue weighted by atomic mass is 9.92. The Balaban J connectivity index is 1.87. The van der Waals surface area contributed by atoms with Gasteiger partial charge in [0.1, 0.15) is 0 Å². The smallest absolute Gasteiger partial charge is 0.0556 e. The van der Waals surface area contributed by atoms with E-state index in [4.69, 9.17) is 5.11 Å². The lowest BCUT2D eigenvalue weighted by Gasteiger charge is -2.12. The molecular weight excluding hydrogens is 294 g/mol. The van der Waals surface area contributed by atoms with Crippen molar-refractivity contribution >= 4 is 0 Å². The molecule has 0 aliphatic rings. The van der Waals surface area contributed by atoms with Gasteiger partial charge in [-0.3, -0.25) is 0 Å². The Morgan fingerprint density at radius 2 is 1.38 bits per heavy atom. The summed E-state index contributed by atoms with van der Waals surface area (Å²) in [6.45, 7) is 3.77. The molecule has 3 aromatic rings. The molecule has 0 aliphatic heterocycles. The summed E-state index contributed by atoms with van der Waals surface area (Å²) in [6, 6.07) is 25.6. The molecule has 0 bridgehead atoms. The van der Waals surface area contributed by atoms with E-state index in [-0.39, 0.29) is 6.61 Å². The molecule has 2 N–H and O–H groups in total. The molecule has 0 atom stereocenters. The predicted molar refractivity (Wildman–Crippen MR) is 101 cm³/mol. The van der Waals surface area contributed by atoms with Crippen LogP contribution in [0.1, 0.15) is 11.1 Å². The fraction of sp³-hybridized carbons (Fsp3) is 0.182. The van der Waals surface area contributed by atoms with E-state index in [1.807, 2.05) is 6.07 Å². The number of rotatable bonds is 6. The average molecular weight is 317 g/mol. The van der Waals surface area contributed by atoms with E-state index in [9.17, 15) is 0 Å². The SMILES string of the molecule is Cc1c(-c2ccccc2)cccc1-c1ccc(CNCCO)cc1. The summed E-state index contributed by atoms with van der Waals surface area (Å²) in [5, 5.41) is 12.0. The van der Waals surface area contributed by atoms with Crippen molar-refractivity contribution in [3.63, 3.8) is 0 Å². The zero-order valence-electron chi connectivity index (χ0n) is 14.0. The first-order valence-corrected chi connectivity index (χ1v) is 8.35. The van der Waals surface area contributed by atoms with Crippen molar-refractivity contribution in [1.82, 2.24) is 5.32 Å². The van der Waals surface area contributed by atoms with Gasteiger partial charge in [0.05, 0.1) is 6.61 Å². The van der Waals surface area contributed by atoms with Crippen LogP contribution < -0.4 is 5.32 Å².